The summed E-state index contributed by atoms with van der Waals surface area (Å²) in [5, 5.41) is 2.79. The van der Waals surface area contributed by atoms with Crippen LogP contribution in [0.5, 0.6) is 11.5 Å². The van der Waals surface area contributed by atoms with E-state index in [-0.39, 0.29) is 23.3 Å². The van der Waals surface area contributed by atoms with E-state index in [1.807, 2.05) is 25.9 Å². The molecule has 0 aliphatic rings. The molecule has 24 heavy (non-hydrogen) atoms. The van der Waals surface area contributed by atoms with Crippen LogP contribution < -0.4 is 10.1 Å². The molecule has 0 aliphatic heterocycles. The van der Waals surface area contributed by atoms with Crippen LogP contribution in [0.15, 0.2) is 46.9 Å². The van der Waals surface area contributed by atoms with E-state index >= 15 is 0 Å². The van der Waals surface area contributed by atoms with E-state index in [4.69, 9.17) is 4.74 Å². The first-order chi connectivity index (χ1) is 11.4. The molecule has 4 nitrogen and oxygen atoms in total. The smallest absolute Gasteiger partial charge is 0.251 e. The molecule has 2 aromatic carbocycles. The minimum atomic E-state index is -0.578. The van der Waals surface area contributed by atoms with E-state index in [1.165, 1.54) is 12.1 Å². The van der Waals surface area contributed by atoms with Crippen LogP contribution >= 0.6 is 15.9 Å². The summed E-state index contributed by atoms with van der Waals surface area (Å²) in [6.45, 7) is 2.49. The maximum atomic E-state index is 14.2. The average Bonchev–Trinajstić information content (AvgIpc) is 2.56. The molecule has 0 bridgehead atoms. The van der Waals surface area contributed by atoms with Crippen molar-refractivity contribution in [1.29, 1.82) is 0 Å². The Kier molecular flexibility index (Phi) is 6.34. The molecule has 2 rings (SSSR count). The fourth-order valence-corrected chi connectivity index (χ4v) is 2.14. The van der Waals surface area contributed by atoms with Crippen molar-refractivity contribution >= 4 is 21.8 Å². The average molecular weight is 395 g/mol. The first kappa shape index (κ1) is 18.4. The van der Waals surface area contributed by atoms with E-state index < -0.39 is 5.82 Å². The lowest BCUT2D eigenvalue weighted by atomic mass is 10.2. The number of amides is 1. The Bertz CT molecular complexity index is 705. The lowest BCUT2D eigenvalue weighted by Gasteiger charge is -2.20. The Morgan fingerprint density at radius 2 is 1.92 bits per heavy atom. The van der Waals surface area contributed by atoms with Gasteiger partial charge in [0.25, 0.3) is 5.91 Å². The molecule has 1 atom stereocenters. The van der Waals surface area contributed by atoms with Crippen LogP contribution in [0.1, 0.15) is 17.3 Å². The lowest BCUT2D eigenvalue weighted by Crippen LogP contribution is -2.38. The van der Waals surface area contributed by atoms with Crippen LogP contribution in [-0.2, 0) is 0 Å². The van der Waals surface area contributed by atoms with Crippen molar-refractivity contribution in [1.82, 2.24) is 10.2 Å². The van der Waals surface area contributed by atoms with Crippen LogP contribution in [0.2, 0.25) is 0 Å². The molecular formula is C18H20BrFN2O2. The highest BCUT2D eigenvalue weighted by molar-refractivity contribution is 9.10. The number of nitrogens with one attached hydrogen (secondary N) is 1. The van der Waals surface area contributed by atoms with Gasteiger partial charge in [0, 0.05) is 22.6 Å². The van der Waals surface area contributed by atoms with Gasteiger partial charge in [-0.3, -0.25) is 4.79 Å². The minimum Gasteiger partial charge on any atom is -0.454 e. The number of nitrogens with zero attached hydrogens (tertiary/aromatic N) is 1. The molecule has 0 fully saturated rings. The molecule has 0 saturated heterocycles. The topological polar surface area (TPSA) is 41.6 Å². The monoisotopic (exact) mass is 394 g/mol. The van der Waals surface area contributed by atoms with Gasteiger partial charge >= 0.3 is 0 Å². The highest BCUT2D eigenvalue weighted by Gasteiger charge is 2.13. The number of ether oxygens (including phenoxy) is 1. The Morgan fingerprint density at radius 3 is 2.50 bits per heavy atom. The van der Waals surface area contributed by atoms with Gasteiger partial charge in [-0.15, -0.1) is 0 Å². The van der Waals surface area contributed by atoms with Gasteiger partial charge in [-0.05, 0) is 63.5 Å². The summed E-state index contributed by atoms with van der Waals surface area (Å²) < 4.78 is 20.6. The van der Waals surface area contributed by atoms with Crippen molar-refractivity contribution in [2.45, 2.75) is 13.0 Å². The molecule has 1 N–H and O–H groups in total. The second-order valence-electron chi connectivity index (χ2n) is 5.72. The molecule has 6 heteroatoms. The number of benzene rings is 2. The summed E-state index contributed by atoms with van der Waals surface area (Å²) in [5.74, 6) is -0.284. The van der Waals surface area contributed by atoms with Gasteiger partial charge in [-0.25, -0.2) is 4.39 Å². The predicted octanol–water partition coefficient (Wildman–Crippen LogP) is 4.06. The van der Waals surface area contributed by atoms with E-state index in [0.717, 1.165) is 4.47 Å². The fourth-order valence-electron chi connectivity index (χ4n) is 1.88. The van der Waals surface area contributed by atoms with Crippen LogP contribution in [-0.4, -0.2) is 37.5 Å². The molecule has 0 heterocycles. The number of halogens is 2. The lowest BCUT2D eigenvalue weighted by molar-refractivity contribution is 0.0943. The molecule has 2 aromatic rings. The van der Waals surface area contributed by atoms with Gasteiger partial charge in [-0.2, -0.15) is 0 Å². The van der Waals surface area contributed by atoms with Crippen LogP contribution in [0.25, 0.3) is 0 Å². The van der Waals surface area contributed by atoms with Crippen molar-refractivity contribution in [3.8, 4) is 11.5 Å². The molecule has 0 saturated carbocycles. The molecule has 0 aliphatic carbocycles. The van der Waals surface area contributed by atoms with Gasteiger partial charge < -0.3 is 15.0 Å². The van der Waals surface area contributed by atoms with E-state index in [0.29, 0.717) is 12.3 Å². The van der Waals surface area contributed by atoms with E-state index in [1.54, 1.807) is 30.3 Å². The van der Waals surface area contributed by atoms with Crippen molar-refractivity contribution in [2.24, 2.45) is 0 Å². The van der Waals surface area contributed by atoms with Crippen molar-refractivity contribution in [3.63, 3.8) is 0 Å². The molecule has 128 valence electrons. The zero-order valence-corrected chi connectivity index (χ0v) is 15.4. The summed E-state index contributed by atoms with van der Waals surface area (Å²) in [7, 11) is 3.87. The number of hydrogen-bond donors (Lipinski definition) is 1. The van der Waals surface area contributed by atoms with Gasteiger partial charge in [0.15, 0.2) is 11.6 Å². The summed E-state index contributed by atoms with van der Waals surface area (Å²) >= 11 is 3.33. The van der Waals surface area contributed by atoms with Crippen LogP contribution in [0, 0.1) is 5.82 Å². The van der Waals surface area contributed by atoms with Crippen molar-refractivity contribution in [3.05, 3.63) is 58.3 Å². The second kappa shape index (κ2) is 8.26. The number of hydrogen-bond acceptors (Lipinski definition) is 3. The third-order valence-corrected chi connectivity index (χ3v) is 4.20. The maximum Gasteiger partial charge on any atom is 0.251 e. The van der Waals surface area contributed by atoms with Gasteiger partial charge in [-0.1, -0.05) is 15.9 Å². The fraction of sp³-hybridized carbons (Fsp3) is 0.278. The first-order valence-corrected chi connectivity index (χ1v) is 8.33. The molecule has 1 amide bonds. The summed E-state index contributed by atoms with van der Waals surface area (Å²) in [6.07, 6.45) is 0. The highest BCUT2D eigenvalue weighted by Crippen LogP contribution is 2.26. The van der Waals surface area contributed by atoms with Crippen LogP contribution in [0.4, 0.5) is 4.39 Å². The molecule has 0 aromatic heterocycles. The summed E-state index contributed by atoms with van der Waals surface area (Å²) in [4.78, 5) is 14.1. The number of carbonyl (C=O) groups excluding carboxylic acids is 1. The zero-order chi connectivity index (χ0) is 17.7. The Balaban J connectivity index is 2.03. The van der Waals surface area contributed by atoms with E-state index in [2.05, 4.69) is 21.2 Å². The van der Waals surface area contributed by atoms with Crippen molar-refractivity contribution < 1.29 is 13.9 Å². The first-order valence-electron chi connectivity index (χ1n) is 7.54. The molecule has 0 radical (unpaired) electrons. The Hall–Kier alpha value is -1.92. The second-order valence-corrected chi connectivity index (χ2v) is 6.64. The third kappa shape index (κ3) is 5.04. The standard InChI is InChI=1S/C18H20BrFN2O2/c1-12(22(2)3)11-21-18(23)13-4-9-17(16(20)10-13)24-15-7-5-14(19)6-8-15/h4-10,12H,11H2,1-3H3,(H,21,23). The SMILES string of the molecule is CC(CNC(=O)c1ccc(Oc2ccc(Br)cc2)c(F)c1)N(C)C. The quantitative estimate of drug-likeness (QED) is 0.802. The number of carbonyl (C=O) groups is 1. The molecular weight excluding hydrogens is 375 g/mol. The van der Waals surface area contributed by atoms with Gasteiger partial charge in [0.2, 0.25) is 0 Å². The van der Waals surface area contributed by atoms with Gasteiger partial charge in [0.05, 0.1) is 0 Å². The third-order valence-electron chi connectivity index (χ3n) is 3.68. The van der Waals surface area contributed by atoms with Crippen LogP contribution in [0.3, 0.4) is 0 Å². The van der Waals surface area contributed by atoms with Crippen molar-refractivity contribution in [2.75, 3.05) is 20.6 Å². The summed E-state index contributed by atoms with van der Waals surface area (Å²) in [5.41, 5.74) is 0.265. The Labute approximate surface area is 149 Å². The predicted molar refractivity (Wildman–Crippen MR) is 96.1 cm³/mol. The Morgan fingerprint density at radius 1 is 1.25 bits per heavy atom. The van der Waals surface area contributed by atoms with E-state index in [9.17, 15) is 9.18 Å². The maximum absolute atomic E-state index is 14.2. The normalized spacial score (nSPS) is 12.1. The molecule has 0 spiro atoms. The summed E-state index contributed by atoms with van der Waals surface area (Å²) in [6, 6.07) is 11.5. The largest absolute Gasteiger partial charge is 0.454 e. The van der Waals surface area contributed by atoms with Gasteiger partial charge in [0.1, 0.15) is 5.75 Å². The minimum absolute atomic E-state index is 0.0792. The zero-order valence-electron chi connectivity index (χ0n) is 13.8. The highest BCUT2D eigenvalue weighted by atomic mass is 79.9. The number of rotatable bonds is 6. The number of likely N-dealkylation sites (N-methyl/N-ethyl adjacent to an activating group) is 1. The molecule has 1 unspecified atom stereocenters.